The van der Waals surface area contributed by atoms with Crippen LogP contribution in [0.5, 0.6) is 0 Å². The first-order valence-electron chi connectivity index (χ1n) is 4.97. The minimum Gasteiger partial charge on any atom is -0.469 e. The van der Waals surface area contributed by atoms with Gasteiger partial charge in [0.25, 0.3) is 0 Å². The molecule has 0 amide bonds. The topological polar surface area (TPSA) is 44.8 Å². The molecule has 1 heterocycles. The highest BCUT2D eigenvalue weighted by atomic mass is 16.5. The second-order valence-electron chi connectivity index (χ2n) is 3.69. The molecule has 2 unspecified atom stereocenters. The lowest BCUT2D eigenvalue weighted by molar-refractivity contribution is -0.147. The van der Waals surface area contributed by atoms with Crippen LogP contribution in [0.2, 0.25) is 0 Å². The van der Waals surface area contributed by atoms with Crippen molar-refractivity contribution in [3.63, 3.8) is 0 Å². The van der Waals surface area contributed by atoms with Crippen molar-refractivity contribution >= 4 is 5.97 Å². The van der Waals surface area contributed by atoms with Gasteiger partial charge in [-0.1, -0.05) is 0 Å². The van der Waals surface area contributed by atoms with Crippen molar-refractivity contribution in [1.29, 1.82) is 0 Å². The van der Waals surface area contributed by atoms with Crippen molar-refractivity contribution in [2.75, 3.05) is 33.5 Å². The van der Waals surface area contributed by atoms with Gasteiger partial charge in [-0.05, 0) is 13.3 Å². The maximum atomic E-state index is 11.0. The Morgan fingerprint density at radius 2 is 2.43 bits per heavy atom. The molecule has 0 N–H and O–H groups in total. The molecular formula is C10H18O4. The van der Waals surface area contributed by atoms with Crippen LogP contribution < -0.4 is 0 Å². The lowest BCUT2D eigenvalue weighted by atomic mass is 10.1. The van der Waals surface area contributed by atoms with Gasteiger partial charge in [-0.25, -0.2) is 0 Å². The lowest BCUT2D eigenvalue weighted by Crippen LogP contribution is -2.20. The molecule has 2 atom stereocenters. The lowest BCUT2D eigenvalue weighted by Gasteiger charge is -2.12. The monoisotopic (exact) mass is 202 g/mol. The fourth-order valence-corrected chi connectivity index (χ4v) is 1.40. The summed E-state index contributed by atoms with van der Waals surface area (Å²) in [5.74, 6) is 0.106. The van der Waals surface area contributed by atoms with Crippen LogP contribution in [0.4, 0.5) is 0 Å². The van der Waals surface area contributed by atoms with E-state index in [0.717, 1.165) is 19.6 Å². The molecule has 0 radical (unpaired) electrons. The number of rotatable bonds is 5. The molecule has 1 rings (SSSR count). The minimum atomic E-state index is -0.215. The van der Waals surface area contributed by atoms with Gasteiger partial charge in [0.05, 0.1) is 32.8 Å². The van der Waals surface area contributed by atoms with Crippen LogP contribution in [0.1, 0.15) is 13.3 Å². The smallest absolute Gasteiger partial charge is 0.310 e. The highest BCUT2D eigenvalue weighted by Gasteiger charge is 2.18. The SMILES string of the molecule is COC(=O)C(C)COCC1CCOC1. The number of hydrogen-bond donors (Lipinski definition) is 0. The van der Waals surface area contributed by atoms with Gasteiger partial charge < -0.3 is 14.2 Å². The first kappa shape index (κ1) is 11.5. The fraction of sp³-hybridized carbons (Fsp3) is 0.900. The van der Waals surface area contributed by atoms with Crippen LogP contribution in [-0.4, -0.2) is 39.5 Å². The third-order valence-corrected chi connectivity index (χ3v) is 2.35. The Kier molecular flexibility index (Phi) is 4.90. The van der Waals surface area contributed by atoms with Crippen LogP contribution >= 0.6 is 0 Å². The highest BCUT2D eigenvalue weighted by molar-refractivity contribution is 5.71. The van der Waals surface area contributed by atoms with Gasteiger partial charge >= 0.3 is 5.97 Å². The maximum absolute atomic E-state index is 11.0. The Hall–Kier alpha value is -0.610. The first-order valence-corrected chi connectivity index (χ1v) is 4.97. The molecule has 1 aliphatic rings. The molecule has 0 aromatic heterocycles. The summed E-state index contributed by atoms with van der Waals surface area (Å²) in [6.45, 7) is 4.54. The molecule has 1 saturated heterocycles. The van der Waals surface area contributed by atoms with Crippen LogP contribution in [0.15, 0.2) is 0 Å². The van der Waals surface area contributed by atoms with Gasteiger partial charge in [-0.3, -0.25) is 4.79 Å². The summed E-state index contributed by atoms with van der Waals surface area (Å²) in [6, 6.07) is 0. The molecule has 0 aromatic carbocycles. The normalized spacial score (nSPS) is 23.4. The van der Waals surface area contributed by atoms with Crippen LogP contribution in [0, 0.1) is 11.8 Å². The third-order valence-electron chi connectivity index (χ3n) is 2.35. The quantitative estimate of drug-likeness (QED) is 0.620. The van der Waals surface area contributed by atoms with Crippen molar-refractivity contribution in [3.8, 4) is 0 Å². The molecule has 0 saturated carbocycles. The van der Waals surface area contributed by atoms with E-state index in [1.807, 2.05) is 0 Å². The molecule has 0 aromatic rings. The summed E-state index contributed by atoms with van der Waals surface area (Å²) >= 11 is 0. The van der Waals surface area contributed by atoms with Crippen molar-refractivity contribution in [3.05, 3.63) is 0 Å². The Labute approximate surface area is 84.5 Å². The molecule has 14 heavy (non-hydrogen) atoms. The summed E-state index contributed by atoms with van der Waals surface area (Å²) in [5.41, 5.74) is 0. The van der Waals surface area contributed by atoms with Gasteiger partial charge in [-0.15, -0.1) is 0 Å². The van der Waals surface area contributed by atoms with Crippen LogP contribution in [0.3, 0.4) is 0 Å². The van der Waals surface area contributed by atoms with Gasteiger partial charge in [-0.2, -0.15) is 0 Å². The second-order valence-corrected chi connectivity index (χ2v) is 3.69. The predicted molar refractivity (Wildman–Crippen MR) is 50.9 cm³/mol. The Bertz CT molecular complexity index is 175. The second kappa shape index (κ2) is 5.98. The van der Waals surface area contributed by atoms with E-state index in [4.69, 9.17) is 9.47 Å². The van der Waals surface area contributed by atoms with E-state index in [9.17, 15) is 4.79 Å². The number of carbonyl (C=O) groups is 1. The van der Waals surface area contributed by atoms with E-state index in [-0.39, 0.29) is 11.9 Å². The molecule has 1 aliphatic heterocycles. The number of hydrogen-bond acceptors (Lipinski definition) is 4. The van der Waals surface area contributed by atoms with Crippen molar-refractivity contribution < 1.29 is 19.0 Å². The van der Waals surface area contributed by atoms with Crippen LogP contribution in [-0.2, 0) is 19.0 Å². The van der Waals surface area contributed by atoms with E-state index in [1.165, 1.54) is 7.11 Å². The Morgan fingerprint density at radius 1 is 1.64 bits per heavy atom. The molecule has 0 spiro atoms. The van der Waals surface area contributed by atoms with E-state index >= 15 is 0 Å². The summed E-state index contributed by atoms with van der Waals surface area (Å²) in [5, 5.41) is 0. The predicted octanol–water partition coefficient (Wildman–Crippen LogP) is 0.849. The molecule has 4 heteroatoms. The summed E-state index contributed by atoms with van der Waals surface area (Å²) < 4.78 is 15.2. The Balaban J connectivity index is 2.05. The van der Waals surface area contributed by atoms with Gasteiger partial charge in [0.2, 0.25) is 0 Å². The molecule has 82 valence electrons. The number of esters is 1. The summed E-state index contributed by atoms with van der Waals surface area (Å²) in [4.78, 5) is 11.0. The number of methoxy groups -OCH3 is 1. The van der Waals surface area contributed by atoms with E-state index in [2.05, 4.69) is 4.74 Å². The van der Waals surface area contributed by atoms with Crippen molar-refractivity contribution in [2.24, 2.45) is 11.8 Å². The van der Waals surface area contributed by atoms with Gasteiger partial charge in [0.15, 0.2) is 0 Å². The third kappa shape index (κ3) is 3.64. The summed E-state index contributed by atoms with van der Waals surface area (Å²) in [7, 11) is 1.39. The average molecular weight is 202 g/mol. The van der Waals surface area contributed by atoms with E-state index in [1.54, 1.807) is 6.92 Å². The molecular weight excluding hydrogens is 184 g/mol. The number of carbonyl (C=O) groups excluding carboxylic acids is 1. The average Bonchev–Trinajstić information content (AvgIpc) is 2.69. The van der Waals surface area contributed by atoms with Crippen molar-refractivity contribution in [2.45, 2.75) is 13.3 Å². The molecule has 0 bridgehead atoms. The van der Waals surface area contributed by atoms with Gasteiger partial charge in [0, 0.05) is 12.5 Å². The Morgan fingerprint density at radius 3 is 3.00 bits per heavy atom. The van der Waals surface area contributed by atoms with E-state index < -0.39 is 0 Å². The largest absolute Gasteiger partial charge is 0.469 e. The molecule has 1 fully saturated rings. The van der Waals surface area contributed by atoms with E-state index in [0.29, 0.717) is 19.1 Å². The maximum Gasteiger partial charge on any atom is 0.310 e. The van der Waals surface area contributed by atoms with Crippen LogP contribution in [0.25, 0.3) is 0 Å². The fourth-order valence-electron chi connectivity index (χ4n) is 1.40. The highest BCUT2D eigenvalue weighted by Crippen LogP contribution is 2.12. The summed E-state index contributed by atoms with van der Waals surface area (Å²) in [6.07, 6.45) is 1.06. The standard InChI is InChI=1S/C10H18O4/c1-8(10(11)12-2)5-14-7-9-3-4-13-6-9/h8-9H,3-7H2,1-2H3. The van der Waals surface area contributed by atoms with Gasteiger partial charge in [0.1, 0.15) is 0 Å². The zero-order valence-electron chi connectivity index (χ0n) is 8.82. The first-order chi connectivity index (χ1) is 6.74. The zero-order chi connectivity index (χ0) is 10.4. The molecule has 4 nitrogen and oxygen atoms in total. The van der Waals surface area contributed by atoms with Crippen molar-refractivity contribution in [1.82, 2.24) is 0 Å². The molecule has 0 aliphatic carbocycles. The minimum absolute atomic E-state index is 0.178. The zero-order valence-corrected chi connectivity index (χ0v) is 8.82. The number of ether oxygens (including phenoxy) is 3.